The first kappa shape index (κ1) is 16.8. The number of carbonyl (C=O) groups excluding carboxylic acids is 2. The number of hydrogen-bond donors (Lipinski definition) is 2. The summed E-state index contributed by atoms with van der Waals surface area (Å²) in [5.41, 5.74) is 8.61. The van der Waals surface area contributed by atoms with E-state index in [0.29, 0.717) is 22.3 Å². The molecule has 4 nitrogen and oxygen atoms in total. The summed E-state index contributed by atoms with van der Waals surface area (Å²) >= 11 is 0. The second kappa shape index (κ2) is 6.56. The SMILES string of the molecule is Nc1c(C#CC(O)c2ccccc2)ccc2c1C(=O)c1ccccc1C2=O. The lowest BCUT2D eigenvalue weighted by molar-refractivity contribution is 0.0979. The van der Waals surface area contributed by atoms with Gasteiger partial charge in [-0.15, -0.1) is 0 Å². The Kier molecular flexibility index (Phi) is 4.08. The highest BCUT2D eigenvalue weighted by atomic mass is 16.3. The van der Waals surface area contributed by atoms with E-state index < -0.39 is 6.10 Å². The topological polar surface area (TPSA) is 80.4 Å². The van der Waals surface area contributed by atoms with Gasteiger partial charge in [0.15, 0.2) is 11.6 Å². The first-order valence-corrected chi connectivity index (χ1v) is 8.43. The average Bonchev–Trinajstić information content (AvgIpc) is 2.71. The van der Waals surface area contributed by atoms with Gasteiger partial charge in [-0.05, 0) is 17.7 Å². The highest BCUT2D eigenvalue weighted by Gasteiger charge is 2.31. The van der Waals surface area contributed by atoms with Crippen LogP contribution in [0.1, 0.15) is 49.1 Å². The van der Waals surface area contributed by atoms with Crippen LogP contribution in [-0.4, -0.2) is 16.7 Å². The molecular weight excluding hydrogens is 338 g/mol. The van der Waals surface area contributed by atoms with Crippen LogP contribution in [0.25, 0.3) is 0 Å². The first-order valence-electron chi connectivity index (χ1n) is 8.43. The van der Waals surface area contributed by atoms with E-state index in [2.05, 4.69) is 11.8 Å². The molecule has 0 saturated carbocycles. The number of carbonyl (C=O) groups is 2. The molecule has 0 saturated heterocycles. The Hall–Kier alpha value is -3.68. The lowest BCUT2D eigenvalue weighted by atomic mass is 9.82. The van der Waals surface area contributed by atoms with Crippen LogP contribution >= 0.6 is 0 Å². The number of aliphatic hydroxyl groups excluding tert-OH is 1. The third kappa shape index (κ3) is 2.80. The van der Waals surface area contributed by atoms with E-state index in [0.717, 1.165) is 0 Å². The van der Waals surface area contributed by atoms with Gasteiger partial charge in [-0.25, -0.2) is 0 Å². The Morgan fingerprint density at radius 1 is 0.778 bits per heavy atom. The number of anilines is 1. The Morgan fingerprint density at radius 2 is 1.41 bits per heavy atom. The number of nitrogen functional groups attached to an aromatic ring is 1. The summed E-state index contributed by atoms with van der Waals surface area (Å²) in [6, 6.07) is 18.9. The largest absolute Gasteiger partial charge is 0.397 e. The van der Waals surface area contributed by atoms with Crippen molar-refractivity contribution >= 4 is 17.3 Å². The quantitative estimate of drug-likeness (QED) is 0.407. The van der Waals surface area contributed by atoms with E-state index in [1.807, 2.05) is 18.2 Å². The average molecular weight is 353 g/mol. The van der Waals surface area contributed by atoms with Crippen LogP contribution in [0.2, 0.25) is 0 Å². The molecule has 1 atom stereocenters. The van der Waals surface area contributed by atoms with Crippen molar-refractivity contribution in [1.29, 1.82) is 0 Å². The summed E-state index contributed by atoms with van der Waals surface area (Å²) in [7, 11) is 0. The van der Waals surface area contributed by atoms with Gasteiger partial charge in [0.1, 0.15) is 6.10 Å². The van der Waals surface area contributed by atoms with Gasteiger partial charge in [-0.2, -0.15) is 0 Å². The van der Waals surface area contributed by atoms with Gasteiger partial charge in [0, 0.05) is 22.3 Å². The zero-order chi connectivity index (χ0) is 19.0. The molecule has 0 fully saturated rings. The molecule has 4 heteroatoms. The van der Waals surface area contributed by atoms with Gasteiger partial charge in [-0.1, -0.05) is 66.4 Å². The van der Waals surface area contributed by atoms with Crippen molar-refractivity contribution in [3.8, 4) is 11.8 Å². The van der Waals surface area contributed by atoms with Crippen LogP contribution < -0.4 is 5.73 Å². The molecule has 3 aromatic rings. The van der Waals surface area contributed by atoms with Gasteiger partial charge in [-0.3, -0.25) is 9.59 Å². The minimum Gasteiger partial charge on any atom is -0.397 e. The lowest BCUT2D eigenvalue weighted by Gasteiger charge is -2.19. The molecule has 0 heterocycles. The standard InChI is InChI=1S/C23H15NO3/c24-21-15(11-13-19(25)14-6-2-1-3-7-14)10-12-18-20(21)23(27)17-9-5-4-8-16(17)22(18)26/h1-10,12,19,25H,24H2. The highest BCUT2D eigenvalue weighted by Crippen LogP contribution is 2.32. The zero-order valence-corrected chi connectivity index (χ0v) is 14.3. The van der Waals surface area contributed by atoms with E-state index in [1.54, 1.807) is 48.5 Å². The molecule has 27 heavy (non-hydrogen) atoms. The summed E-state index contributed by atoms with van der Waals surface area (Å²) < 4.78 is 0. The van der Waals surface area contributed by atoms with Crippen molar-refractivity contribution in [2.75, 3.05) is 5.73 Å². The van der Waals surface area contributed by atoms with E-state index in [4.69, 9.17) is 5.73 Å². The minimum atomic E-state index is -0.973. The molecule has 0 aromatic heterocycles. The number of benzene rings is 3. The van der Waals surface area contributed by atoms with Crippen LogP contribution in [0.4, 0.5) is 5.69 Å². The Balaban J connectivity index is 1.76. The normalized spacial score (nSPS) is 13.2. The molecule has 1 unspecified atom stereocenters. The van der Waals surface area contributed by atoms with Crippen LogP contribution in [0, 0.1) is 11.8 Å². The summed E-state index contributed by atoms with van der Waals surface area (Å²) in [5.74, 6) is 5.06. The molecule has 4 rings (SSSR count). The van der Waals surface area contributed by atoms with E-state index >= 15 is 0 Å². The predicted octanol–water partition coefficient (Wildman–Crippen LogP) is 3.13. The van der Waals surface area contributed by atoms with Crippen LogP contribution in [0.5, 0.6) is 0 Å². The number of aliphatic hydroxyl groups is 1. The number of ketones is 2. The van der Waals surface area contributed by atoms with Crippen LogP contribution in [-0.2, 0) is 0 Å². The smallest absolute Gasteiger partial charge is 0.196 e. The van der Waals surface area contributed by atoms with Gasteiger partial charge in [0.2, 0.25) is 0 Å². The van der Waals surface area contributed by atoms with Gasteiger partial charge in [0.25, 0.3) is 0 Å². The van der Waals surface area contributed by atoms with Gasteiger partial charge in [0.05, 0.1) is 11.3 Å². The van der Waals surface area contributed by atoms with E-state index in [9.17, 15) is 14.7 Å². The Morgan fingerprint density at radius 3 is 2.11 bits per heavy atom. The van der Waals surface area contributed by atoms with Gasteiger partial charge < -0.3 is 10.8 Å². The summed E-state index contributed by atoms with van der Waals surface area (Å²) in [5, 5.41) is 10.2. The van der Waals surface area contributed by atoms with Gasteiger partial charge >= 0.3 is 0 Å². The minimum absolute atomic E-state index is 0.160. The van der Waals surface area contributed by atoms with Crippen molar-refractivity contribution in [2.24, 2.45) is 0 Å². The third-order valence-electron chi connectivity index (χ3n) is 4.59. The molecule has 0 bridgehead atoms. The lowest BCUT2D eigenvalue weighted by Crippen LogP contribution is -2.22. The molecule has 3 aromatic carbocycles. The summed E-state index contributed by atoms with van der Waals surface area (Å²) in [6.45, 7) is 0. The van der Waals surface area contributed by atoms with Crippen molar-refractivity contribution in [3.05, 3.63) is 100 Å². The predicted molar refractivity (Wildman–Crippen MR) is 102 cm³/mol. The number of fused-ring (bicyclic) bond motifs is 2. The number of hydrogen-bond acceptors (Lipinski definition) is 4. The highest BCUT2D eigenvalue weighted by molar-refractivity contribution is 6.30. The maximum Gasteiger partial charge on any atom is 0.196 e. The molecule has 1 aliphatic carbocycles. The Labute approximate surface area is 156 Å². The molecule has 1 aliphatic rings. The molecule has 3 N–H and O–H groups in total. The molecule has 0 radical (unpaired) electrons. The van der Waals surface area contributed by atoms with E-state index in [1.165, 1.54) is 0 Å². The summed E-state index contributed by atoms with van der Waals surface area (Å²) in [6.07, 6.45) is -0.973. The fourth-order valence-corrected chi connectivity index (χ4v) is 3.19. The molecule has 0 amide bonds. The Bertz CT molecular complexity index is 1140. The molecular formula is C23H15NO3. The number of nitrogens with two attached hydrogens (primary N) is 1. The summed E-state index contributed by atoms with van der Waals surface area (Å²) in [4.78, 5) is 25.5. The van der Waals surface area contributed by atoms with E-state index in [-0.39, 0.29) is 28.4 Å². The second-order valence-corrected chi connectivity index (χ2v) is 6.24. The van der Waals surface area contributed by atoms with Crippen molar-refractivity contribution in [2.45, 2.75) is 6.10 Å². The van der Waals surface area contributed by atoms with Crippen LogP contribution in [0.3, 0.4) is 0 Å². The molecule has 0 aliphatic heterocycles. The maximum atomic E-state index is 12.9. The second-order valence-electron chi connectivity index (χ2n) is 6.24. The fourth-order valence-electron chi connectivity index (χ4n) is 3.19. The fraction of sp³-hybridized carbons (Fsp3) is 0.0435. The van der Waals surface area contributed by atoms with Crippen molar-refractivity contribution in [1.82, 2.24) is 0 Å². The molecule has 130 valence electrons. The third-order valence-corrected chi connectivity index (χ3v) is 4.59. The number of rotatable bonds is 1. The maximum absolute atomic E-state index is 12.9. The van der Waals surface area contributed by atoms with Crippen molar-refractivity contribution in [3.63, 3.8) is 0 Å². The van der Waals surface area contributed by atoms with Crippen LogP contribution in [0.15, 0.2) is 66.7 Å². The first-order chi connectivity index (χ1) is 13.1. The molecule has 0 spiro atoms. The van der Waals surface area contributed by atoms with Crippen molar-refractivity contribution < 1.29 is 14.7 Å². The monoisotopic (exact) mass is 353 g/mol. The zero-order valence-electron chi connectivity index (χ0n) is 14.3.